The second-order valence-electron chi connectivity index (χ2n) is 5.87. The fraction of sp³-hybridized carbons (Fsp3) is 0.923. The van der Waals surface area contributed by atoms with Crippen molar-refractivity contribution >= 4 is 5.91 Å². The predicted octanol–water partition coefficient (Wildman–Crippen LogP) is 0.511. The highest BCUT2D eigenvalue weighted by Crippen LogP contribution is 2.24. The Bertz CT molecular complexity index is 239. The number of ether oxygens (including phenoxy) is 1. The number of carbonyl (C=O) groups excluding carboxylic acids is 1. The van der Waals surface area contributed by atoms with Crippen molar-refractivity contribution in [1.82, 2.24) is 5.32 Å². The van der Waals surface area contributed by atoms with E-state index in [2.05, 4.69) is 26.1 Å². The molecular formula is C13H28N2O3. The van der Waals surface area contributed by atoms with Gasteiger partial charge in [-0.1, -0.05) is 20.8 Å². The minimum Gasteiger partial charge on any atom is -0.394 e. The van der Waals surface area contributed by atoms with Crippen LogP contribution in [-0.2, 0) is 9.53 Å². The number of amides is 1. The third kappa shape index (κ3) is 7.63. The molecule has 0 radical (unpaired) electrons. The average molecular weight is 260 g/mol. The van der Waals surface area contributed by atoms with Gasteiger partial charge in [0.05, 0.1) is 18.6 Å². The van der Waals surface area contributed by atoms with Gasteiger partial charge in [0.25, 0.3) is 0 Å². The Morgan fingerprint density at radius 1 is 1.44 bits per heavy atom. The third-order valence-corrected chi connectivity index (χ3v) is 2.75. The van der Waals surface area contributed by atoms with E-state index in [0.29, 0.717) is 19.6 Å². The van der Waals surface area contributed by atoms with Crippen LogP contribution in [0.4, 0.5) is 0 Å². The van der Waals surface area contributed by atoms with Crippen molar-refractivity contribution in [3.05, 3.63) is 0 Å². The van der Waals surface area contributed by atoms with Crippen molar-refractivity contribution in [2.45, 2.75) is 39.7 Å². The number of rotatable bonds is 8. The maximum Gasteiger partial charge on any atom is 0.224 e. The number of hydrogen-bond donors (Lipinski definition) is 3. The lowest BCUT2D eigenvalue weighted by Crippen LogP contribution is -2.44. The number of aliphatic hydroxyl groups is 1. The lowest BCUT2D eigenvalue weighted by molar-refractivity contribution is -0.126. The average Bonchev–Trinajstić information content (AvgIpc) is 2.29. The van der Waals surface area contributed by atoms with Crippen LogP contribution in [0.25, 0.3) is 0 Å². The van der Waals surface area contributed by atoms with E-state index in [4.69, 9.17) is 10.5 Å². The Morgan fingerprint density at radius 3 is 2.44 bits per heavy atom. The van der Waals surface area contributed by atoms with Gasteiger partial charge in [-0.25, -0.2) is 0 Å². The molecule has 5 nitrogen and oxygen atoms in total. The monoisotopic (exact) mass is 260 g/mol. The van der Waals surface area contributed by atoms with Crippen LogP contribution >= 0.6 is 0 Å². The smallest absolute Gasteiger partial charge is 0.224 e. The van der Waals surface area contributed by atoms with Gasteiger partial charge in [-0.2, -0.15) is 0 Å². The van der Waals surface area contributed by atoms with Gasteiger partial charge in [0.15, 0.2) is 0 Å². The Morgan fingerprint density at radius 2 is 2.06 bits per heavy atom. The van der Waals surface area contributed by atoms with E-state index in [1.54, 1.807) is 7.11 Å². The first-order chi connectivity index (χ1) is 8.34. The summed E-state index contributed by atoms with van der Waals surface area (Å²) in [5.74, 6) is -0.288. The van der Waals surface area contributed by atoms with Gasteiger partial charge >= 0.3 is 0 Å². The second kappa shape index (κ2) is 8.45. The highest BCUT2D eigenvalue weighted by atomic mass is 16.5. The maximum atomic E-state index is 12.0. The molecule has 2 atom stereocenters. The highest BCUT2D eigenvalue weighted by molar-refractivity contribution is 5.79. The van der Waals surface area contributed by atoms with E-state index in [-0.39, 0.29) is 29.9 Å². The van der Waals surface area contributed by atoms with Gasteiger partial charge in [0.1, 0.15) is 0 Å². The molecule has 0 aromatic heterocycles. The molecule has 108 valence electrons. The first-order valence-electron chi connectivity index (χ1n) is 6.44. The molecule has 1 amide bonds. The number of methoxy groups -OCH3 is 1. The minimum absolute atomic E-state index is 0.0582. The molecule has 0 spiro atoms. The summed E-state index contributed by atoms with van der Waals surface area (Å²) in [5, 5.41) is 12.0. The molecule has 0 saturated heterocycles. The van der Waals surface area contributed by atoms with Gasteiger partial charge in [-0.15, -0.1) is 0 Å². The quantitative estimate of drug-likeness (QED) is 0.594. The molecule has 0 aromatic rings. The predicted molar refractivity (Wildman–Crippen MR) is 72.1 cm³/mol. The standard InChI is InChI=1S/C13H28N2O3/c1-13(2,3)7-10(8-14)12(17)15-11(9-16)5-6-18-4/h10-11,16H,5-9,14H2,1-4H3,(H,15,17). The van der Waals surface area contributed by atoms with E-state index in [9.17, 15) is 9.90 Å². The maximum absolute atomic E-state index is 12.0. The molecule has 0 fully saturated rings. The van der Waals surface area contributed by atoms with Crippen molar-refractivity contribution in [2.75, 3.05) is 26.9 Å². The van der Waals surface area contributed by atoms with Crippen molar-refractivity contribution in [3.8, 4) is 0 Å². The number of nitrogens with one attached hydrogen (secondary N) is 1. The van der Waals surface area contributed by atoms with Crippen molar-refractivity contribution in [3.63, 3.8) is 0 Å². The summed E-state index contributed by atoms with van der Waals surface area (Å²) in [4.78, 5) is 12.0. The largest absolute Gasteiger partial charge is 0.394 e. The van der Waals surface area contributed by atoms with E-state index in [1.165, 1.54) is 0 Å². The van der Waals surface area contributed by atoms with Crippen molar-refractivity contribution in [1.29, 1.82) is 0 Å². The second-order valence-corrected chi connectivity index (χ2v) is 5.87. The minimum atomic E-state index is -0.258. The zero-order chi connectivity index (χ0) is 14.2. The molecule has 4 N–H and O–H groups in total. The molecule has 0 heterocycles. The van der Waals surface area contributed by atoms with Crippen LogP contribution in [0.1, 0.15) is 33.6 Å². The summed E-state index contributed by atoms with van der Waals surface area (Å²) in [6.45, 7) is 7.00. The van der Waals surface area contributed by atoms with Crippen LogP contribution in [0.3, 0.4) is 0 Å². The number of carbonyl (C=O) groups is 1. The van der Waals surface area contributed by atoms with Crippen LogP contribution in [-0.4, -0.2) is 43.9 Å². The van der Waals surface area contributed by atoms with E-state index in [0.717, 1.165) is 6.42 Å². The van der Waals surface area contributed by atoms with E-state index >= 15 is 0 Å². The zero-order valence-corrected chi connectivity index (χ0v) is 12.0. The molecule has 18 heavy (non-hydrogen) atoms. The first kappa shape index (κ1) is 17.4. The Hall–Kier alpha value is -0.650. The lowest BCUT2D eigenvalue weighted by atomic mass is 9.84. The molecule has 0 aliphatic rings. The fourth-order valence-corrected chi connectivity index (χ4v) is 1.81. The first-order valence-corrected chi connectivity index (χ1v) is 6.44. The molecule has 0 bridgehead atoms. The summed E-state index contributed by atoms with van der Waals surface area (Å²) in [7, 11) is 1.60. The highest BCUT2D eigenvalue weighted by Gasteiger charge is 2.25. The van der Waals surface area contributed by atoms with Crippen LogP contribution < -0.4 is 11.1 Å². The Kier molecular flexibility index (Phi) is 8.15. The normalized spacial score (nSPS) is 15.2. The van der Waals surface area contributed by atoms with Gasteiger partial charge < -0.3 is 20.9 Å². The number of hydrogen-bond acceptors (Lipinski definition) is 4. The molecule has 0 saturated carbocycles. The molecule has 5 heteroatoms. The van der Waals surface area contributed by atoms with Crippen molar-refractivity contribution in [2.24, 2.45) is 17.1 Å². The van der Waals surface area contributed by atoms with Crippen LogP contribution in [0.15, 0.2) is 0 Å². The van der Waals surface area contributed by atoms with Gasteiger partial charge in [-0.3, -0.25) is 4.79 Å². The van der Waals surface area contributed by atoms with Gasteiger partial charge in [-0.05, 0) is 18.3 Å². The molecule has 0 aromatic carbocycles. The van der Waals surface area contributed by atoms with Crippen LogP contribution in [0.2, 0.25) is 0 Å². The van der Waals surface area contributed by atoms with Gasteiger partial charge in [0, 0.05) is 20.3 Å². The molecule has 2 unspecified atom stereocenters. The molecule has 0 aliphatic carbocycles. The molecular weight excluding hydrogens is 232 g/mol. The fourth-order valence-electron chi connectivity index (χ4n) is 1.81. The molecule has 0 aliphatic heterocycles. The van der Waals surface area contributed by atoms with E-state index in [1.807, 2.05) is 0 Å². The van der Waals surface area contributed by atoms with Gasteiger partial charge in [0.2, 0.25) is 5.91 Å². The summed E-state index contributed by atoms with van der Waals surface area (Å²) >= 11 is 0. The number of nitrogens with two attached hydrogens (primary N) is 1. The molecule has 0 rings (SSSR count). The lowest BCUT2D eigenvalue weighted by Gasteiger charge is -2.26. The summed E-state index contributed by atoms with van der Waals surface area (Å²) in [6.07, 6.45) is 1.34. The summed E-state index contributed by atoms with van der Waals surface area (Å²) in [5.41, 5.74) is 5.71. The zero-order valence-electron chi connectivity index (χ0n) is 12.0. The van der Waals surface area contributed by atoms with E-state index < -0.39 is 0 Å². The third-order valence-electron chi connectivity index (χ3n) is 2.75. The van der Waals surface area contributed by atoms with Crippen LogP contribution in [0, 0.1) is 11.3 Å². The Balaban J connectivity index is 4.32. The number of aliphatic hydroxyl groups excluding tert-OH is 1. The van der Waals surface area contributed by atoms with Crippen molar-refractivity contribution < 1.29 is 14.6 Å². The topological polar surface area (TPSA) is 84.6 Å². The summed E-state index contributed by atoms with van der Waals surface area (Å²) in [6, 6.07) is -0.258. The van der Waals surface area contributed by atoms with Crippen LogP contribution in [0.5, 0.6) is 0 Å². The SMILES string of the molecule is COCCC(CO)NC(=O)C(CN)CC(C)(C)C. The summed E-state index contributed by atoms with van der Waals surface area (Å²) < 4.78 is 4.94. The Labute approximate surface area is 110 Å².